The second-order valence-electron chi connectivity index (χ2n) is 3.92. The maximum atomic E-state index is 6.13. The van der Waals surface area contributed by atoms with Crippen molar-refractivity contribution < 1.29 is 4.74 Å². The van der Waals surface area contributed by atoms with Crippen LogP contribution in [0.15, 0.2) is 17.0 Å². The van der Waals surface area contributed by atoms with Gasteiger partial charge in [-0.2, -0.15) is 0 Å². The molecule has 4 heteroatoms. The van der Waals surface area contributed by atoms with E-state index in [1.54, 1.807) is 18.9 Å². The van der Waals surface area contributed by atoms with E-state index in [1.807, 2.05) is 32.2 Å². The maximum absolute atomic E-state index is 6.13. The van der Waals surface area contributed by atoms with Crippen molar-refractivity contribution in [1.82, 2.24) is 0 Å². The summed E-state index contributed by atoms with van der Waals surface area (Å²) in [4.78, 5) is 1.01. The van der Waals surface area contributed by atoms with E-state index < -0.39 is 0 Å². The molecular weight excluding hydrogens is 230 g/mol. The molecule has 2 N–H and O–H groups in total. The summed E-state index contributed by atoms with van der Waals surface area (Å²) in [6, 6.07) is 3.88. The van der Waals surface area contributed by atoms with E-state index in [0.29, 0.717) is 5.02 Å². The van der Waals surface area contributed by atoms with Crippen LogP contribution >= 0.6 is 23.4 Å². The predicted octanol–water partition coefficient (Wildman–Crippen LogP) is 3.26. The molecule has 84 valence electrons. The molecule has 1 aromatic carbocycles. The van der Waals surface area contributed by atoms with Crippen LogP contribution in [0.4, 0.5) is 0 Å². The zero-order valence-corrected chi connectivity index (χ0v) is 11.0. The molecule has 2 nitrogen and oxygen atoms in total. The topological polar surface area (TPSA) is 35.2 Å². The van der Waals surface area contributed by atoms with Gasteiger partial charge in [0.2, 0.25) is 0 Å². The molecule has 0 aromatic heterocycles. The highest BCUT2D eigenvalue weighted by molar-refractivity contribution is 7.98. The fourth-order valence-electron chi connectivity index (χ4n) is 1.29. The van der Waals surface area contributed by atoms with Crippen molar-refractivity contribution in [3.8, 4) is 5.75 Å². The molecule has 0 fully saturated rings. The first-order chi connectivity index (χ1) is 6.90. The molecule has 0 aliphatic heterocycles. The minimum absolute atomic E-state index is 0.389. The van der Waals surface area contributed by atoms with Gasteiger partial charge in [0.05, 0.1) is 17.0 Å². The van der Waals surface area contributed by atoms with Crippen molar-refractivity contribution in [1.29, 1.82) is 0 Å². The minimum atomic E-state index is -0.389. The van der Waals surface area contributed by atoms with Crippen molar-refractivity contribution in [2.24, 2.45) is 5.73 Å². The van der Waals surface area contributed by atoms with E-state index in [4.69, 9.17) is 22.1 Å². The third-order valence-electron chi connectivity index (χ3n) is 2.18. The Hall–Kier alpha value is -0.380. The van der Waals surface area contributed by atoms with Gasteiger partial charge in [0.15, 0.2) is 5.75 Å². The van der Waals surface area contributed by atoms with Crippen LogP contribution in [0.3, 0.4) is 0 Å². The molecule has 0 radical (unpaired) electrons. The number of benzene rings is 1. The maximum Gasteiger partial charge on any atom is 0.150 e. The van der Waals surface area contributed by atoms with Crippen LogP contribution in [0.5, 0.6) is 5.75 Å². The molecule has 0 heterocycles. The van der Waals surface area contributed by atoms with Gasteiger partial charge >= 0.3 is 0 Å². The highest BCUT2D eigenvalue weighted by Gasteiger charge is 2.18. The molecule has 0 spiro atoms. The fourth-order valence-corrected chi connectivity index (χ4v) is 2.27. The molecular formula is C11H16ClNOS. The summed E-state index contributed by atoms with van der Waals surface area (Å²) < 4.78 is 5.24. The van der Waals surface area contributed by atoms with Crippen molar-refractivity contribution in [2.75, 3.05) is 13.4 Å². The lowest BCUT2D eigenvalue weighted by atomic mass is 9.96. The Morgan fingerprint density at radius 3 is 2.40 bits per heavy atom. The molecule has 0 amide bonds. The zero-order valence-electron chi connectivity index (χ0n) is 9.43. The van der Waals surface area contributed by atoms with Crippen molar-refractivity contribution in [2.45, 2.75) is 24.3 Å². The lowest BCUT2D eigenvalue weighted by Gasteiger charge is -2.21. The van der Waals surface area contributed by atoms with Gasteiger partial charge < -0.3 is 10.5 Å². The fraction of sp³-hybridized carbons (Fsp3) is 0.455. The molecule has 0 unspecified atom stereocenters. The second kappa shape index (κ2) is 4.64. The SMILES string of the molecule is COc1c(Cl)cc(C(C)(C)N)cc1SC. The van der Waals surface area contributed by atoms with Crippen LogP contribution in [0.1, 0.15) is 19.4 Å². The van der Waals surface area contributed by atoms with Crippen LogP contribution in [-0.2, 0) is 5.54 Å². The zero-order chi connectivity index (χ0) is 11.6. The summed E-state index contributed by atoms with van der Waals surface area (Å²) in [6.07, 6.45) is 1.99. The Morgan fingerprint density at radius 2 is 2.00 bits per heavy atom. The van der Waals surface area contributed by atoms with Crippen LogP contribution in [0, 0.1) is 0 Å². The number of hydrogen-bond acceptors (Lipinski definition) is 3. The lowest BCUT2D eigenvalue weighted by Crippen LogP contribution is -2.28. The number of thioether (sulfide) groups is 1. The molecule has 0 aliphatic rings. The number of hydrogen-bond donors (Lipinski definition) is 1. The van der Waals surface area contributed by atoms with E-state index >= 15 is 0 Å². The number of methoxy groups -OCH3 is 1. The Labute approximate surface area is 100 Å². The summed E-state index contributed by atoms with van der Waals surface area (Å²) in [7, 11) is 1.62. The van der Waals surface area contributed by atoms with Crippen molar-refractivity contribution in [3.05, 3.63) is 22.7 Å². The van der Waals surface area contributed by atoms with Crippen molar-refractivity contribution >= 4 is 23.4 Å². The first-order valence-electron chi connectivity index (χ1n) is 4.61. The normalized spacial score (nSPS) is 11.6. The van der Waals surface area contributed by atoms with Crippen molar-refractivity contribution in [3.63, 3.8) is 0 Å². The Kier molecular flexibility index (Phi) is 3.93. The molecule has 0 saturated heterocycles. The lowest BCUT2D eigenvalue weighted by molar-refractivity contribution is 0.404. The monoisotopic (exact) mass is 245 g/mol. The third-order valence-corrected chi connectivity index (χ3v) is 3.20. The second-order valence-corrected chi connectivity index (χ2v) is 5.17. The summed E-state index contributed by atoms with van der Waals surface area (Å²) in [6.45, 7) is 3.91. The van der Waals surface area contributed by atoms with Crippen LogP contribution in [-0.4, -0.2) is 13.4 Å². The highest BCUT2D eigenvalue weighted by Crippen LogP contribution is 2.37. The Balaban J connectivity index is 3.32. The Bertz CT molecular complexity index is 360. The summed E-state index contributed by atoms with van der Waals surface area (Å²) >= 11 is 7.73. The molecule has 0 bridgehead atoms. The smallest absolute Gasteiger partial charge is 0.150 e. The number of ether oxygens (including phenoxy) is 1. The number of halogens is 1. The molecule has 15 heavy (non-hydrogen) atoms. The third kappa shape index (κ3) is 2.80. The van der Waals surface area contributed by atoms with Gasteiger partial charge in [-0.1, -0.05) is 11.6 Å². The van der Waals surface area contributed by atoms with E-state index in [0.717, 1.165) is 16.2 Å². The first kappa shape index (κ1) is 12.7. The van der Waals surface area contributed by atoms with E-state index in [1.165, 1.54) is 0 Å². The molecule has 0 atom stereocenters. The summed E-state index contributed by atoms with van der Waals surface area (Å²) in [5, 5.41) is 0.609. The molecule has 0 saturated carbocycles. The summed E-state index contributed by atoms with van der Waals surface area (Å²) in [5.41, 5.74) is 6.66. The van der Waals surface area contributed by atoms with E-state index in [2.05, 4.69) is 0 Å². The van der Waals surface area contributed by atoms with Gasteiger partial charge in [0, 0.05) is 5.54 Å². The van der Waals surface area contributed by atoms with Crippen LogP contribution in [0.25, 0.3) is 0 Å². The molecule has 1 aromatic rings. The highest BCUT2D eigenvalue weighted by atomic mass is 35.5. The van der Waals surface area contributed by atoms with Gasteiger partial charge in [0.1, 0.15) is 0 Å². The molecule has 1 rings (SSSR count). The number of nitrogens with two attached hydrogens (primary N) is 1. The first-order valence-corrected chi connectivity index (χ1v) is 6.21. The Morgan fingerprint density at radius 1 is 1.40 bits per heavy atom. The van der Waals surface area contributed by atoms with Gasteiger partial charge in [-0.3, -0.25) is 0 Å². The van der Waals surface area contributed by atoms with Gasteiger partial charge in [-0.15, -0.1) is 11.8 Å². The predicted molar refractivity (Wildman–Crippen MR) is 67.0 cm³/mol. The van der Waals surface area contributed by atoms with Gasteiger partial charge in [-0.05, 0) is 37.8 Å². The van der Waals surface area contributed by atoms with E-state index in [9.17, 15) is 0 Å². The largest absolute Gasteiger partial charge is 0.494 e. The van der Waals surface area contributed by atoms with Crippen LogP contribution in [0.2, 0.25) is 5.02 Å². The quantitative estimate of drug-likeness (QED) is 0.831. The van der Waals surface area contributed by atoms with Crippen LogP contribution < -0.4 is 10.5 Å². The van der Waals surface area contributed by atoms with Gasteiger partial charge in [-0.25, -0.2) is 0 Å². The van der Waals surface area contributed by atoms with Gasteiger partial charge in [0.25, 0.3) is 0 Å². The standard InChI is InChI=1S/C11H16ClNOS/c1-11(2,13)7-5-8(12)10(14-3)9(6-7)15-4/h5-6H,13H2,1-4H3. The number of rotatable bonds is 3. The average Bonchev–Trinajstić information content (AvgIpc) is 2.15. The molecule has 0 aliphatic carbocycles. The minimum Gasteiger partial charge on any atom is -0.494 e. The average molecular weight is 246 g/mol. The summed E-state index contributed by atoms with van der Waals surface area (Å²) in [5.74, 6) is 0.720. The van der Waals surface area contributed by atoms with E-state index in [-0.39, 0.29) is 5.54 Å².